The standard InChI is InChI=1S/C29H34F2N4O4S/c1-29(2)25(27(38)32-16-19-20(30)11-7-12-21(19)31)35(17-40-29)28(39)24(36)22(15-18-9-5-4-6-10-18)33-26(37)23-13-8-14-34(23)3/h4-9,11-14,18,22,25,28,39H,10,15-17H2,1-3H3,(H,32,38)(H,33,37)/t18?,22?,25-,28?/m1/s1. The minimum atomic E-state index is -1.70. The summed E-state index contributed by atoms with van der Waals surface area (Å²) < 4.78 is 29.1. The Kier molecular flexibility index (Phi) is 9.27. The Balaban J connectivity index is 1.52. The summed E-state index contributed by atoms with van der Waals surface area (Å²) in [6.45, 7) is 3.22. The number of thioether (sulfide) groups is 1. The van der Waals surface area contributed by atoms with Crippen LogP contribution in [0, 0.1) is 17.6 Å². The zero-order chi connectivity index (χ0) is 29.0. The van der Waals surface area contributed by atoms with Gasteiger partial charge in [0.2, 0.25) is 5.91 Å². The molecule has 4 rings (SSSR count). The second-order valence-electron chi connectivity index (χ2n) is 10.6. The number of aromatic nitrogens is 1. The average Bonchev–Trinajstić information content (AvgIpc) is 3.49. The summed E-state index contributed by atoms with van der Waals surface area (Å²) in [5.41, 5.74) is 0.0855. The summed E-state index contributed by atoms with van der Waals surface area (Å²) in [4.78, 5) is 41.5. The van der Waals surface area contributed by atoms with Crippen LogP contribution in [0.25, 0.3) is 0 Å². The van der Waals surface area contributed by atoms with E-state index in [2.05, 4.69) is 10.6 Å². The molecule has 3 N–H and O–H groups in total. The quantitative estimate of drug-likeness (QED) is 0.404. The number of halogens is 2. The van der Waals surface area contributed by atoms with Crippen LogP contribution in [0.3, 0.4) is 0 Å². The Morgan fingerprint density at radius 2 is 1.88 bits per heavy atom. The predicted octanol–water partition coefficient (Wildman–Crippen LogP) is 3.28. The van der Waals surface area contributed by atoms with E-state index in [1.807, 2.05) is 24.3 Å². The molecule has 1 aliphatic heterocycles. The maximum atomic E-state index is 14.1. The number of ketones is 1. The molecule has 0 radical (unpaired) electrons. The number of Topliss-reactive ketones (excluding diaryl/α,β-unsaturated/α-hetero) is 1. The molecule has 1 saturated heterocycles. The fraction of sp³-hybridized carbons (Fsp3) is 0.414. The third-order valence-corrected chi connectivity index (χ3v) is 8.72. The Hall–Kier alpha value is -3.28. The predicted molar refractivity (Wildman–Crippen MR) is 149 cm³/mol. The molecule has 1 aliphatic carbocycles. The van der Waals surface area contributed by atoms with Crippen LogP contribution in [-0.2, 0) is 23.2 Å². The van der Waals surface area contributed by atoms with Crippen molar-refractivity contribution in [1.82, 2.24) is 20.1 Å². The van der Waals surface area contributed by atoms with Gasteiger partial charge in [0.15, 0.2) is 12.0 Å². The van der Waals surface area contributed by atoms with Crippen molar-refractivity contribution in [3.05, 3.63) is 83.7 Å². The lowest BCUT2D eigenvalue weighted by atomic mass is 9.90. The molecule has 8 nitrogen and oxygen atoms in total. The minimum absolute atomic E-state index is 0.0287. The second-order valence-corrected chi connectivity index (χ2v) is 12.2. The van der Waals surface area contributed by atoms with E-state index in [0.717, 1.165) is 12.1 Å². The maximum Gasteiger partial charge on any atom is 0.268 e. The molecule has 214 valence electrons. The lowest BCUT2D eigenvalue weighted by molar-refractivity contribution is -0.145. The number of allylic oxidation sites excluding steroid dienone is 4. The molecule has 0 spiro atoms. The largest absolute Gasteiger partial charge is 0.371 e. The SMILES string of the molecule is Cn1cccc1C(=O)NC(CC1C=CC=CC1)C(=O)C(O)N1CSC(C)(C)[C@H]1C(=O)NCc1c(F)cccc1F. The molecule has 40 heavy (non-hydrogen) atoms. The van der Waals surface area contributed by atoms with Gasteiger partial charge in [-0.2, -0.15) is 0 Å². The number of nitrogens with one attached hydrogen (secondary N) is 2. The fourth-order valence-corrected chi connectivity index (χ4v) is 6.25. The fourth-order valence-electron chi connectivity index (χ4n) is 5.07. The molecule has 1 aromatic heterocycles. The molecule has 2 aliphatic rings. The third kappa shape index (κ3) is 6.54. The monoisotopic (exact) mass is 572 g/mol. The number of amides is 2. The van der Waals surface area contributed by atoms with Gasteiger partial charge in [-0.15, -0.1) is 11.8 Å². The summed E-state index contributed by atoms with van der Waals surface area (Å²) in [5.74, 6) is -3.09. The highest BCUT2D eigenvalue weighted by Gasteiger charge is 2.50. The van der Waals surface area contributed by atoms with Gasteiger partial charge in [-0.1, -0.05) is 30.4 Å². The number of nitrogens with zero attached hydrogens (tertiary/aromatic N) is 2. The molecule has 11 heteroatoms. The molecule has 2 amide bonds. The molecule has 2 heterocycles. The highest BCUT2D eigenvalue weighted by atomic mass is 32.2. The smallest absolute Gasteiger partial charge is 0.268 e. The van der Waals surface area contributed by atoms with E-state index < -0.39 is 52.3 Å². The van der Waals surface area contributed by atoms with Gasteiger partial charge in [0.25, 0.3) is 5.91 Å². The van der Waals surface area contributed by atoms with E-state index in [4.69, 9.17) is 0 Å². The van der Waals surface area contributed by atoms with Crippen molar-refractivity contribution in [2.45, 2.75) is 56.3 Å². The van der Waals surface area contributed by atoms with Crippen LogP contribution >= 0.6 is 11.8 Å². The number of carbonyl (C=O) groups is 3. The lowest BCUT2D eigenvalue weighted by Crippen LogP contribution is -2.59. The Morgan fingerprint density at radius 1 is 1.15 bits per heavy atom. The van der Waals surface area contributed by atoms with Crippen LogP contribution in [0.1, 0.15) is 42.7 Å². The van der Waals surface area contributed by atoms with Crippen LogP contribution in [0.4, 0.5) is 8.78 Å². The molecule has 0 saturated carbocycles. The summed E-state index contributed by atoms with van der Waals surface area (Å²) >= 11 is 1.37. The molecule has 2 aromatic rings. The second kappa shape index (κ2) is 12.5. The first-order valence-electron chi connectivity index (χ1n) is 13.1. The highest BCUT2D eigenvalue weighted by molar-refractivity contribution is 8.00. The van der Waals surface area contributed by atoms with E-state index in [-0.39, 0.29) is 30.3 Å². The first-order chi connectivity index (χ1) is 19.0. The minimum Gasteiger partial charge on any atom is -0.371 e. The van der Waals surface area contributed by atoms with Gasteiger partial charge in [-0.25, -0.2) is 13.7 Å². The highest BCUT2D eigenvalue weighted by Crippen LogP contribution is 2.40. The van der Waals surface area contributed by atoms with Crippen molar-refractivity contribution in [2.24, 2.45) is 13.0 Å². The molecular weight excluding hydrogens is 538 g/mol. The summed E-state index contributed by atoms with van der Waals surface area (Å²) in [7, 11) is 1.72. The van der Waals surface area contributed by atoms with Crippen LogP contribution in [0.5, 0.6) is 0 Å². The van der Waals surface area contributed by atoms with Crippen molar-refractivity contribution >= 4 is 29.4 Å². The number of benzene rings is 1. The van der Waals surface area contributed by atoms with Crippen LogP contribution < -0.4 is 10.6 Å². The molecule has 3 unspecified atom stereocenters. The molecule has 4 atom stereocenters. The number of carbonyl (C=O) groups excluding carboxylic acids is 3. The van der Waals surface area contributed by atoms with Gasteiger partial charge >= 0.3 is 0 Å². The van der Waals surface area contributed by atoms with E-state index in [0.29, 0.717) is 12.1 Å². The van der Waals surface area contributed by atoms with Crippen LogP contribution in [0.15, 0.2) is 60.8 Å². The average molecular weight is 573 g/mol. The number of rotatable bonds is 10. The zero-order valence-electron chi connectivity index (χ0n) is 22.6. The van der Waals surface area contributed by atoms with Crippen molar-refractivity contribution in [1.29, 1.82) is 0 Å². The van der Waals surface area contributed by atoms with Gasteiger partial charge in [0.1, 0.15) is 23.4 Å². The van der Waals surface area contributed by atoms with Crippen molar-refractivity contribution < 1.29 is 28.3 Å². The van der Waals surface area contributed by atoms with Gasteiger partial charge in [-0.05, 0) is 56.9 Å². The van der Waals surface area contributed by atoms with E-state index >= 15 is 0 Å². The number of aliphatic hydroxyl groups is 1. The molecule has 1 aromatic carbocycles. The van der Waals surface area contributed by atoms with E-state index in [9.17, 15) is 28.3 Å². The zero-order valence-corrected chi connectivity index (χ0v) is 23.5. The maximum absolute atomic E-state index is 14.1. The molecule has 1 fully saturated rings. The third-order valence-electron chi connectivity index (χ3n) is 7.33. The number of aryl methyl sites for hydroxylation is 1. The summed E-state index contributed by atoms with van der Waals surface area (Å²) in [6, 6.07) is 4.80. The van der Waals surface area contributed by atoms with Gasteiger partial charge in [0.05, 0.1) is 6.04 Å². The number of aliphatic hydroxyl groups excluding tert-OH is 1. The number of hydrogen-bond donors (Lipinski definition) is 3. The molecular formula is C29H34F2N4O4S. The lowest BCUT2D eigenvalue weighted by Gasteiger charge is -2.34. The first kappa shape index (κ1) is 29.7. The van der Waals surface area contributed by atoms with E-state index in [1.54, 1.807) is 43.8 Å². The van der Waals surface area contributed by atoms with Gasteiger partial charge < -0.3 is 20.3 Å². The van der Waals surface area contributed by atoms with Crippen LogP contribution in [0.2, 0.25) is 0 Å². The Morgan fingerprint density at radius 3 is 2.50 bits per heavy atom. The van der Waals surface area contributed by atoms with Gasteiger partial charge in [0, 0.05) is 36.0 Å². The van der Waals surface area contributed by atoms with Crippen molar-refractivity contribution in [3.8, 4) is 0 Å². The topological polar surface area (TPSA) is 104 Å². The Labute approximate surface area is 236 Å². The summed E-state index contributed by atoms with van der Waals surface area (Å²) in [5, 5.41) is 16.7. The van der Waals surface area contributed by atoms with Crippen molar-refractivity contribution in [2.75, 3.05) is 5.88 Å². The van der Waals surface area contributed by atoms with Gasteiger partial charge in [-0.3, -0.25) is 14.4 Å². The van der Waals surface area contributed by atoms with E-state index in [1.165, 1.54) is 22.7 Å². The Bertz CT molecular complexity index is 1300. The normalized spacial score (nSPS) is 21.6. The summed E-state index contributed by atoms with van der Waals surface area (Å²) in [6.07, 6.45) is 8.68. The van der Waals surface area contributed by atoms with Crippen molar-refractivity contribution in [3.63, 3.8) is 0 Å². The first-order valence-corrected chi connectivity index (χ1v) is 14.1. The van der Waals surface area contributed by atoms with Crippen LogP contribution in [-0.4, -0.2) is 61.1 Å². The number of hydrogen-bond acceptors (Lipinski definition) is 6. The molecule has 0 bridgehead atoms.